The fraction of sp³-hybridized carbons (Fsp3) is 0.409. The number of aliphatic hydroxyl groups excluding tert-OH is 1. The molecule has 1 aliphatic rings. The molecule has 0 aliphatic heterocycles. The second-order valence-electron chi connectivity index (χ2n) is 7.09. The van der Waals surface area contributed by atoms with Crippen LogP contribution in [0.5, 0.6) is 5.75 Å². The molecule has 1 fully saturated rings. The van der Waals surface area contributed by atoms with Gasteiger partial charge in [0.05, 0.1) is 7.11 Å². The number of carbonyl (C=O) groups is 1. The number of nitrogens with one attached hydrogen (secondary N) is 1. The van der Waals surface area contributed by atoms with Crippen molar-refractivity contribution in [3.05, 3.63) is 54.1 Å². The molecule has 4 heteroatoms. The van der Waals surface area contributed by atoms with Gasteiger partial charge in [0.2, 0.25) is 0 Å². The quantitative estimate of drug-likeness (QED) is 0.828. The van der Waals surface area contributed by atoms with Gasteiger partial charge in [-0.3, -0.25) is 4.79 Å². The third-order valence-electron chi connectivity index (χ3n) is 5.30. The van der Waals surface area contributed by atoms with E-state index < -0.39 is 0 Å². The first-order valence-corrected chi connectivity index (χ1v) is 9.33. The molecule has 1 amide bonds. The predicted molar refractivity (Wildman–Crippen MR) is 103 cm³/mol. The minimum Gasteiger partial charge on any atom is -0.497 e. The van der Waals surface area contributed by atoms with Crippen LogP contribution >= 0.6 is 0 Å². The Morgan fingerprint density at radius 1 is 1.04 bits per heavy atom. The summed E-state index contributed by atoms with van der Waals surface area (Å²) in [5, 5.41) is 12.3. The van der Waals surface area contributed by atoms with Crippen LogP contribution in [0, 0.1) is 11.8 Å². The van der Waals surface area contributed by atoms with Gasteiger partial charge in [-0.15, -0.1) is 0 Å². The lowest BCUT2D eigenvalue weighted by molar-refractivity contribution is 0.0937. The summed E-state index contributed by atoms with van der Waals surface area (Å²) in [7, 11) is 1.65. The molecule has 138 valence electrons. The van der Waals surface area contributed by atoms with Crippen LogP contribution in [0.4, 0.5) is 0 Å². The fourth-order valence-electron chi connectivity index (χ4n) is 3.60. The zero-order chi connectivity index (χ0) is 18.4. The summed E-state index contributed by atoms with van der Waals surface area (Å²) < 4.78 is 5.28. The third kappa shape index (κ3) is 4.64. The molecule has 0 radical (unpaired) electrons. The van der Waals surface area contributed by atoms with E-state index in [2.05, 4.69) is 5.32 Å². The van der Waals surface area contributed by atoms with E-state index in [4.69, 9.17) is 4.74 Å². The summed E-state index contributed by atoms with van der Waals surface area (Å²) in [4.78, 5) is 12.5. The second kappa shape index (κ2) is 8.86. The SMILES string of the molecule is COc1cccc(-c2cccc(C(=O)NCC3CCC(CO)CC3)c2)c1. The first kappa shape index (κ1) is 18.5. The van der Waals surface area contributed by atoms with Crippen LogP contribution in [0.3, 0.4) is 0 Å². The number of methoxy groups -OCH3 is 1. The average molecular weight is 353 g/mol. The van der Waals surface area contributed by atoms with E-state index in [1.54, 1.807) is 7.11 Å². The van der Waals surface area contributed by atoms with Crippen molar-refractivity contribution < 1.29 is 14.6 Å². The number of rotatable bonds is 6. The number of benzene rings is 2. The highest BCUT2D eigenvalue weighted by molar-refractivity contribution is 5.95. The highest BCUT2D eigenvalue weighted by Crippen LogP contribution is 2.28. The largest absolute Gasteiger partial charge is 0.497 e. The van der Waals surface area contributed by atoms with E-state index in [9.17, 15) is 9.90 Å². The molecule has 0 heterocycles. The van der Waals surface area contributed by atoms with Gasteiger partial charge in [-0.1, -0.05) is 24.3 Å². The van der Waals surface area contributed by atoms with Crippen LogP contribution < -0.4 is 10.1 Å². The van der Waals surface area contributed by atoms with Crippen LogP contribution in [0.15, 0.2) is 48.5 Å². The molecule has 2 aromatic carbocycles. The van der Waals surface area contributed by atoms with Crippen molar-refractivity contribution in [3.63, 3.8) is 0 Å². The normalized spacial score (nSPS) is 19.8. The Morgan fingerprint density at radius 3 is 2.38 bits per heavy atom. The lowest BCUT2D eigenvalue weighted by atomic mass is 9.82. The van der Waals surface area contributed by atoms with E-state index in [1.165, 1.54) is 0 Å². The number of amides is 1. The van der Waals surface area contributed by atoms with Gasteiger partial charge in [0.15, 0.2) is 0 Å². The first-order chi connectivity index (χ1) is 12.7. The number of carbonyl (C=O) groups excluding carboxylic acids is 1. The highest BCUT2D eigenvalue weighted by Gasteiger charge is 2.21. The van der Waals surface area contributed by atoms with Gasteiger partial charge in [-0.25, -0.2) is 0 Å². The standard InChI is InChI=1S/C22H27NO3/c1-26-21-7-3-5-19(13-21)18-4-2-6-20(12-18)22(25)23-14-16-8-10-17(15-24)11-9-16/h2-7,12-13,16-17,24H,8-11,14-15H2,1H3,(H,23,25). The summed E-state index contributed by atoms with van der Waals surface area (Å²) >= 11 is 0. The molecular weight excluding hydrogens is 326 g/mol. The Balaban J connectivity index is 1.61. The molecule has 0 unspecified atom stereocenters. The minimum atomic E-state index is -0.0287. The predicted octanol–water partition coefficient (Wildman–Crippen LogP) is 3.89. The van der Waals surface area contributed by atoms with Gasteiger partial charge in [0.1, 0.15) is 5.75 Å². The van der Waals surface area contributed by atoms with Gasteiger partial charge < -0.3 is 15.2 Å². The topological polar surface area (TPSA) is 58.6 Å². The summed E-state index contributed by atoms with van der Waals surface area (Å²) in [6.07, 6.45) is 4.27. The molecule has 4 nitrogen and oxygen atoms in total. The molecule has 3 rings (SSSR count). The van der Waals surface area contributed by atoms with Crippen molar-refractivity contribution in [3.8, 4) is 16.9 Å². The Kier molecular flexibility index (Phi) is 6.29. The zero-order valence-electron chi connectivity index (χ0n) is 15.3. The maximum atomic E-state index is 12.5. The van der Waals surface area contributed by atoms with Crippen LogP contribution in [0.2, 0.25) is 0 Å². The van der Waals surface area contributed by atoms with Gasteiger partial charge in [0.25, 0.3) is 5.91 Å². The Morgan fingerprint density at radius 2 is 1.69 bits per heavy atom. The van der Waals surface area contributed by atoms with Gasteiger partial charge in [0, 0.05) is 18.7 Å². The van der Waals surface area contributed by atoms with Gasteiger partial charge in [-0.2, -0.15) is 0 Å². The summed E-state index contributed by atoms with van der Waals surface area (Å²) in [6.45, 7) is 0.997. The van der Waals surface area contributed by atoms with Crippen molar-refractivity contribution >= 4 is 5.91 Å². The van der Waals surface area contributed by atoms with Crippen molar-refractivity contribution in [2.45, 2.75) is 25.7 Å². The summed E-state index contributed by atoms with van der Waals surface area (Å²) in [5.41, 5.74) is 2.70. The summed E-state index contributed by atoms with van der Waals surface area (Å²) in [5.74, 6) is 1.74. The Labute approximate surface area is 155 Å². The number of ether oxygens (including phenoxy) is 1. The number of aliphatic hydroxyl groups is 1. The number of hydrogen-bond donors (Lipinski definition) is 2. The monoisotopic (exact) mass is 353 g/mol. The Hall–Kier alpha value is -2.33. The van der Waals surface area contributed by atoms with Crippen LogP contribution in [0.1, 0.15) is 36.0 Å². The lowest BCUT2D eigenvalue weighted by Gasteiger charge is -2.27. The molecule has 26 heavy (non-hydrogen) atoms. The molecule has 1 aliphatic carbocycles. The van der Waals surface area contributed by atoms with E-state index in [1.807, 2.05) is 48.5 Å². The molecular formula is C22H27NO3. The number of hydrogen-bond acceptors (Lipinski definition) is 3. The molecule has 2 aromatic rings. The average Bonchev–Trinajstić information content (AvgIpc) is 2.72. The molecule has 2 N–H and O–H groups in total. The van der Waals surface area contributed by atoms with Crippen molar-refractivity contribution in [2.24, 2.45) is 11.8 Å². The summed E-state index contributed by atoms with van der Waals surface area (Å²) in [6, 6.07) is 15.5. The van der Waals surface area contributed by atoms with Crippen molar-refractivity contribution in [2.75, 3.05) is 20.3 Å². The van der Waals surface area contributed by atoms with Gasteiger partial charge >= 0.3 is 0 Å². The molecule has 1 saturated carbocycles. The first-order valence-electron chi connectivity index (χ1n) is 9.33. The minimum absolute atomic E-state index is 0.0287. The zero-order valence-corrected chi connectivity index (χ0v) is 15.3. The van der Waals surface area contributed by atoms with Crippen LogP contribution in [0.25, 0.3) is 11.1 Å². The van der Waals surface area contributed by atoms with E-state index in [0.717, 1.165) is 42.6 Å². The third-order valence-corrected chi connectivity index (χ3v) is 5.30. The van der Waals surface area contributed by atoms with Crippen LogP contribution in [-0.2, 0) is 0 Å². The van der Waals surface area contributed by atoms with Gasteiger partial charge in [-0.05, 0) is 72.9 Å². The lowest BCUT2D eigenvalue weighted by Crippen LogP contribution is -2.31. The maximum Gasteiger partial charge on any atom is 0.251 e. The Bertz CT molecular complexity index is 736. The second-order valence-corrected chi connectivity index (χ2v) is 7.09. The molecule has 0 bridgehead atoms. The van der Waals surface area contributed by atoms with E-state index in [0.29, 0.717) is 23.9 Å². The molecule has 0 spiro atoms. The smallest absolute Gasteiger partial charge is 0.251 e. The van der Waals surface area contributed by atoms with E-state index >= 15 is 0 Å². The maximum absolute atomic E-state index is 12.5. The van der Waals surface area contributed by atoms with E-state index in [-0.39, 0.29) is 12.5 Å². The molecule has 0 saturated heterocycles. The molecule has 0 atom stereocenters. The molecule has 0 aromatic heterocycles. The highest BCUT2D eigenvalue weighted by atomic mass is 16.5. The van der Waals surface area contributed by atoms with Crippen LogP contribution in [-0.4, -0.2) is 31.3 Å². The fourth-order valence-corrected chi connectivity index (χ4v) is 3.60. The van der Waals surface area contributed by atoms with Crippen molar-refractivity contribution in [1.82, 2.24) is 5.32 Å². The van der Waals surface area contributed by atoms with Crippen molar-refractivity contribution in [1.29, 1.82) is 0 Å².